The van der Waals surface area contributed by atoms with Gasteiger partial charge in [0, 0.05) is 19.6 Å². The minimum Gasteiger partial charge on any atom is -0.315 e. The minimum absolute atomic E-state index is 0.219. The lowest BCUT2D eigenvalue weighted by Crippen LogP contribution is -2.27. The highest BCUT2D eigenvalue weighted by Gasteiger charge is 2.04. The standard InChI is InChI=1S/C12H18ClFN2/c1-2-6-15-7-8-16-9-10-4-3-5-11(14)12(10)13/h3-5,15-16H,2,6-9H2,1H3. The van der Waals surface area contributed by atoms with Crippen molar-refractivity contribution in [2.45, 2.75) is 19.9 Å². The molecule has 1 rings (SSSR count). The van der Waals surface area contributed by atoms with Crippen LogP contribution in [0.5, 0.6) is 0 Å². The molecule has 1 aromatic carbocycles. The lowest BCUT2D eigenvalue weighted by Gasteiger charge is -2.07. The summed E-state index contributed by atoms with van der Waals surface area (Å²) in [5, 5.41) is 6.71. The van der Waals surface area contributed by atoms with Gasteiger partial charge in [-0.2, -0.15) is 0 Å². The smallest absolute Gasteiger partial charge is 0.142 e. The Balaban J connectivity index is 2.24. The van der Waals surface area contributed by atoms with Crippen LogP contribution in [0.2, 0.25) is 5.02 Å². The molecule has 0 atom stereocenters. The van der Waals surface area contributed by atoms with Crippen molar-refractivity contribution in [2.75, 3.05) is 19.6 Å². The molecule has 1 aromatic rings. The van der Waals surface area contributed by atoms with Crippen molar-refractivity contribution in [1.82, 2.24) is 10.6 Å². The van der Waals surface area contributed by atoms with E-state index in [9.17, 15) is 4.39 Å². The van der Waals surface area contributed by atoms with E-state index in [2.05, 4.69) is 17.6 Å². The van der Waals surface area contributed by atoms with Gasteiger partial charge >= 0.3 is 0 Å². The molecule has 0 amide bonds. The first-order valence-corrected chi connectivity index (χ1v) is 5.97. The van der Waals surface area contributed by atoms with Crippen molar-refractivity contribution < 1.29 is 4.39 Å². The van der Waals surface area contributed by atoms with E-state index < -0.39 is 0 Å². The first-order chi connectivity index (χ1) is 7.75. The summed E-state index contributed by atoms with van der Waals surface area (Å²) in [5.41, 5.74) is 0.803. The third kappa shape index (κ3) is 4.47. The average Bonchev–Trinajstić information content (AvgIpc) is 2.29. The maximum absolute atomic E-state index is 13.1. The van der Waals surface area contributed by atoms with Gasteiger partial charge in [0.1, 0.15) is 5.82 Å². The van der Waals surface area contributed by atoms with Crippen molar-refractivity contribution >= 4 is 11.6 Å². The van der Waals surface area contributed by atoms with E-state index in [4.69, 9.17) is 11.6 Å². The normalized spacial score (nSPS) is 10.7. The SMILES string of the molecule is CCCNCCNCc1cccc(F)c1Cl. The molecule has 0 bridgehead atoms. The Hall–Kier alpha value is -0.640. The molecule has 0 aromatic heterocycles. The zero-order chi connectivity index (χ0) is 11.8. The molecule has 2 nitrogen and oxygen atoms in total. The first kappa shape index (κ1) is 13.4. The van der Waals surface area contributed by atoms with Crippen LogP contribution in [0.4, 0.5) is 4.39 Å². The second-order valence-electron chi connectivity index (χ2n) is 3.64. The minimum atomic E-state index is -0.356. The molecule has 0 heterocycles. The van der Waals surface area contributed by atoms with Gasteiger partial charge in [0.15, 0.2) is 0 Å². The van der Waals surface area contributed by atoms with Gasteiger partial charge < -0.3 is 10.6 Å². The van der Waals surface area contributed by atoms with Gasteiger partial charge in [-0.1, -0.05) is 30.7 Å². The van der Waals surface area contributed by atoms with E-state index in [1.165, 1.54) is 6.07 Å². The number of halogens is 2. The van der Waals surface area contributed by atoms with Crippen LogP contribution in [0, 0.1) is 5.82 Å². The Labute approximate surface area is 101 Å². The third-order valence-corrected chi connectivity index (χ3v) is 2.68. The molecule has 0 aliphatic heterocycles. The summed E-state index contributed by atoms with van der Waals surface area (Å²) in [6, 6.07) is 4.88. The molecule has 0 fully saturated rings. The van der Waals surface area contributed by atoms with Gasteiger partial charge in [0.2, 0.25) is 0 Å². The van der Waals surface area contributed by atoms with Crippen LogP contribution < -0.4 is 10.6 Å². The molecule has 0 saturated heterocycles. The van der Waals surface area contributed by atoms with E-state index in [-0.39, 0.29) is 10.8 Å². The number of nitrogens with one attached hydrogen (secondary N) is 2. The van der Waals surface area contributed by atoms with Crippen LogP contribution in [0.25, 0.3) is 0 Å². The lowest BCUT2D eigenvalue weighted by molar-refractivity contribution is 0.599. The summed E-state index contributed by atoms with van der Waals surface area (Å²) in [6.07, 6.45) is 1.13. The van der Waals surface area contributed by atoms with Crippen LogP contribution in [-0.2, 0) is 6.54 Å². The summed E-state index contributed by atoms with van der Waals surface area (Å²) in [4.78, 5) is 0. The van der Waals surface area contributed by atoms with Crippen LogP contribution in [0.3, 0.4) is 0 Å². The maximum Gasteiger partial charge on any atom is 0.142 e. The van der Waals surface area contributed by atoms with Crippen LogP contribution in [-0.4, -0.2) is 19.6 Å². The largest absolute Gasteiger partial charge is 0.315 e. The zero-order valence-electron chi connectivity index (χ0n) is 9.52. The summed E-state index contributed by atoms with van der Waals surface area (Å²) >= 11 is 5.83. The lowest BCUT2D eigenvalue weighted by atomic mass is 10.2. The van der Waals surface area contributed by atoms with Gasteiger partial charge in [-0.05, 0) is 24.6 Å². The summed E-state index contributed by atoms with van der Waals surface area (Å²) in [5.74, 6) is -0.356. The quantitative estimate of drug-likeness (QED) is 0.721. The van der Waals surface area contributed by atoms with E-state index in [1.54, 1.807) is 6.07 Å². The summed E-state index contributed by atoms with van der Waals surface area (Å²) in [6.45, 7) is 5.54. The Morgan fingerprint density at radius 3 is 2.69 bits per heavy atom. The molecule has 0 aliphatic rings. The second kappa shape index (κ2) is 7.60. The van der Waals surface area contributed by atoms with Crippen molar-refractivity contribution in [3.05, 3.63) is 34.6 Å². The van der Waals surface area contributed by atoms with Crippen molar-refractivity contribution in [3.63, 3.8) is 0 Å². The highest BCUT2D eigenvalue weighted by Crippen LogP contribution is 2.18. The van der Waals surface area contributed by atoms with Crippen LogP contribution in [0.15, 0.2) is 18.2 Å². The molecule has 90 valence electrons. The van der Waals surface area contributed by atoms with Gasteiger partial charge in [0.05, 0.1) is 5.02 Å². The zero-order valence-corrected chi connectivity index (χ0v) is 10.3. The first-order valence-electron chi connectivity index (χ1n) is 5.60. The fraction of sp³-hybridized carbons (Fsp3) is 0.500. The molecule has 0 radical (unpaired) electrons. The van der Waals surface area contributed by atoms with Gasteiger partial charge in [-0.3, -0.25) is 0 Å². The Morgan fingerprint density at radius 2 is 1.94 bits per heavy atom. The number of rotatable bonds is 7. The molecule has 4 heteroatoms. The predicted molar refractivity (Wildman–Crippen MR) is 66.3 cm³/mol. The molecule has 0 unspecified atom stereocenters. The fourth-order valence-electron chi connectivity index (χ4n) is 1.39. The number of benzene rings is 1. The van der Waals surface area contributed by atoms with E-state index in [0.29, 0.717) is 6.54 Å². The molecular formula is C12H18ClFN2. The van der Waals surface area contributed by atoms with Gasteiger partial charge in [0.25, 0.3) is 0 Å². The number of hydrogen-bond acceptors (Lipinski definition) is 2. The fourth-order valence-corrected chi connectivity index (χ4v) is 1.58. The highest BCUT2D eigenvalue weighted by molar-refractivity contribution is 6.31. The molecule has 0 saturated carbocycles. The monoisotopic (exact) mass is 244 g/mol. The van der Waals surface area contributed by atoms with E-state index in [1.807, 2.05) is 6.07 Å². The summed E-state index contributed by atoms with van der Waals surface area (Å²) in [7, 11) is 0. The Bertz CT molecular complexity index is 318. The van der Waals surface area contributed by atoms with Gasteiger partial charge in [-0.25, -0.2) is 4.39 Å². The second-order valence-corrected chi connectivity index (χ2v) is 4.02. The van der Waals surface area contributed by atoms with E-state index in [0.717, 1.165) is 31.6 Å². The molecular weight excluding hydrogens is 227 g/mol. The van der Waals surface area contributed by atoms with E-state index >= 15 is 0 Å². The molecule has 0 aliphatic carbocycles. The van der Waals surface area contributed by atoms with Crippen molar-refractivity contribution in [1.29, 1.82) is 0 Å². The Morgan fingerprint density at radius 1 is 1.19 bits per heavy atom. The maximum atomic E-state index is 13.1. The van der Waals surface area contributed by atoms with Crippen molar-refractivity contribution in [3.8, 4) is 0 Å². The third-order valence-electron chi connectivity index (χ3n) is 2.25. The number of hydrogen-bond donors (Lipinski definition) is 2. The Kier molecular flexibility index (Phi) is 6.38. The molecule has 2 N–H and O–H groups in total. The van der Waals surface area contributed by atoms with Gasteiger partial charge in [-0.15, -0.1) is 0 Å². The average molecular weight is 245 g/mol. The topological polar surface area (TPSA) is 24.1 Å². The van der Waals surface area contributed by atoms with Crippen LogP contribution >= 0.6 is 11.6 Å². The molecule has 16 heavy (non-hydrogen) atoms. The predicted octanol–water partition coefficient (Wildman–Crippen LogP) is 2.57. The van der Waals surface area contributed by atoms with Crippen LogP contribution in [0.1, 0.15) is 18.9 Å². The van der Waals surface area contributed by atoms with Crippen molar-refractivity contribution in [2.24, 2.45) is 0 Å². The molecule has 0 spiro atoms. The summed E-state index contributed by atoms with van der Waals surface area (Å²) < 4.78 is 13.1. The highest BCUT2D eigenvalue weighted by atomic mass is 35.5.